The summed E-state index contributed by atoms with van der Waals surface area (Å²) in [6.07, 6.45) is 0. The van der Waals surface area contributed by atoms with Crippen LogP contribution in [0.15, 0.2) is 166 Å². The molecule has 0 amide bonds. The summed E-state index contributed by atoms with van der Waals surface area (Å²) in [4.78, 5) is 19.9. The quantitative estimate of drug-likeness (QED) is 0.292. The molecule has 188 valence electrons. The van der Waals surface area contributed by atoms with E-state index in [1.165, 1.54) is 0 Å². The first-order chi connectivity index (χ1) is 19.8. The fraction of sp³-hybridized carbons (Fsp3) is 0. The predicted octanol–water partition coefficient (Wildman–Crippen LogP) is 5.80. The van der Waals surface area contributed by atoms with E-state index < -0.39 is 0 Å². The summed E-state index contributed by atoms with van der Waals surface area (Å²) < 4.78 is 0. The zero-order chi connectivity index (χ0) is 26.7. The van der Waals surface area contributed by atoms with Crippen molar-refractivity contribution in [3.63, 3.8) is 0 Å². The minimum atomic E-state index is 0.722. The molecule has 0 N–H and O–H groups in total. The van der Waals surface area contributed by atoms with Crippen LogP contribution in [-0.4, -0.2) is 23.1 Å². The number of amidine groups is 2. The van der Waals surface area contributed by atoms with E-state index in [4.69, 9.17) is 20.0 Å². The first kappa shape index (κ1) is 23.6. The summed E-state index contributed by atoms with van der Waals surface area (Å²) in [5.74, 6) is 1.44. The van der Waals surface area contributed by atoms with Crippen LogP contribution in [0.4, 0.5) is 0 Å². The number of aliphatic imine (C=N–C) groups is 4. The fourth-order valence-electron chi connectivity index (χ4n) is 4.90. The monoisotopic (exact) mass is 512 g/mol. The minimum Gasteiger partial charge on any atom is -0.226 e. The molecule has 0 aliphatic carbocycles. The van der Waals surface area contributed by atoms with Crippen LogP contribution in [0, 0.1) is 0 Å². The summed E-state index contributed by atoms with van der Waals surface area (Å²) in [6.45, 7) is 0. The molecule has 2 heterocycles. The van der Waals surface area contributed by atoms with Crippen LogP contribution in [0.2, 0.25) is 0 Å². The van der Waals surface area contributed by atoms with Gasteiger partial charge in [0, 0.05) is 32.7 Å². The van der Waals surface area contributed by atoms with Crippen molar-refractivity contribution in [2.24, 2.45) is 20.0 Å². The van der Waals surface area contributed by atoms with Crippen LogP contribution in [-0.2, 0) is 0 Å². The zero-order valence-electron chi connectivity index (χ0n) is 21.6. The molecule has 0 atom stereocenters. The zero-order valence-corrected chi connectivity index (χ0v) is 21.6. The molecule has 2 aliphatic heterocycles. The molecule has 40 heavy (non-hydrogen) atoms. The highest BCUT2D eigenvalue weighted by molar-refractivity contribution is 6.36. The lowest BCUT2D eigenvalue weighted by Gasteiger charge is -2.03. The van der Waals surface area contributed by atoms with Gasteiger partial charge in [-0.2, -0.15) is 0 Å². The second-order valence-corrected chi connectivity index (χ2v) is 9.53. The van der Waals surface area contributed by atoms with Gasteiger partial charge in [-0.3, -0.25) is 0 Å². The maximum Gasteiger partial charge on any atom is 0.160 e. The molecular formula is C36H24N4. The Morgan fingerprint density at radius 2 is 0.575 bits per heavy atom. The van der Waals surface area contributed by atoms with E-state index in [-0.39, 0.29) is 0 Å². The Morgan fingerprint density at radius 1 is 0.275 bits per heavy atom. The van der Waals surface area contributed by atoms with E-state index in [9.17, 15) is 0 Å². The Morgan fingerprint density at radius 3 is 0.900 bits per heavy atom. The molecule has 0 bridgehead atoms. The minimum absolute atomic E-state index is 0.722. The third-order valence-electron chi connectivity index (χ3n) is 6.91. The molecule has 0 unspecified atom stereocenters. The second kappa shape index (κ2) is 10.4. The lowest BCUT2D eigenvalue weighted by atomic mass is 10.0. The molecular weight excluding hydrogens is 488 g/mol. The van der Waals surface area contributed by atoms with Crippen molar-refractivity contribution in [2.75, 3.05) is 0 Å². The van der Waals surface area contributed by atoms with Gasteiger partial charge in [0.2, 0.25) is 0 Å². The van der Waals surface area contributed by atoms with Crippen molar-refractivity contribution in [3.8, 4) is 0 Å². The van der Waals surface area contributed by atoms with Gasteiger partial charge < -0.3 is 0 Å². The van der Waals surface area contributed by atoms with E-state index >= 15 is 0 Å². The Kier molecular flexibility index (Phi) is 6.11. The van der Waals surface area contributed by atoms with Crippen molar-refractivity contribution in [2.45, 2.75) is 0 Å². The highest BCUT2D eigenvalue weighted by atomic mass is 15.0. The van der Waals surface area contributed by atoms with Crippen LogP contribution in [0.1, 0.15) is 22.3 Å². The van der Waals surface area contributed by atoms with Gasteiger partial charge in [-0.15, -0.1) is 0 Å². The predicted molar refractivity (Wildman–Crippen MR) is 164 cm³/mol. The third-order valence-corrected chi connectivity index (χ3v) is 6.91. The molecule has 4 heteroatoms. The average molecular weight is 513 g/mol. The topological polar surface area (TPSA) is 49.4 Å². The van der Waals surface area contributed by atoms with E-state index in [1.807, 2.05) is 97.1 Å². The SMILES string of the molecule is c1ccc(C2=NC(=c3ccc(=C4N=C(c5ccccc5)N=C4c4ccccc4)cc3)C(c3ccccc3)=N2)cc1. The Hall–Kier alpha value is -5.48. The number of benzene rings is 5. The van der Waals surface area contributed by atoms with Gasteiger partial charge in [0.1, 0.15) is 0 Å². The van der Waals surface area contributed by atoms with Crippen molar-refractivity contribution < 1.29 is 0 Å². The summed E-state index contributed by atoms with van der Waals surface area (Å²) in [7, 11) is 0. The maximum atomic E-state index is 5.00. The van der Waals surface area contributed by atoms with E-state index in [0.29, 0.717) is 0 Å². The van der Waals surface area contributed by atoms with Gasteiger partial charge in [-0.25, -0.2) is 20.0 Å². The van der Waals surface area contributed by atoms with E-state index in [1.54, 1.807) is 0 Å². The molecule has 0 saturated heterocycles. The summed E-state index contributed by atoms with van der Waals surface area (Å²) in [5.41, 5.74) is 7.53. The normalized spacial score (nSPS) is 14.5. The van der Waals surface area contributed by atoms with Crippen molar-refractivity contribution >= 4 is 34.5 Å². The van der Waals surface area contributed by atoms with Gasteiger partial charge in [0.15, 0.2) is 11.7 Å². The lowest BCUT2D eigenvalue weighted by Crippen LogP contribution is -2.17. The number of rotatable bonds is 4. The first-order valence-corrected chi connectivity index (χ1v) is 13.3. The molecule has 0 aromatic heterocycles. The maximum absolute atomic E-state index is 5.00. The van der Waals surface area contributed by atoms with Crippen LogP contribution < -0.4 is 10.4 Å². The van der Waals surface area contributed by atoms with Crippen LogP contribution in [0.25, 0.3) is 11.4 Å². The van der Waals surface area contributed by atoms with Gasteiger partial charge in [0.05, 0.1) is 22.8 Å². The van der Waals surface area contributed by atoms with Gasteiger partial charge in [-0.1, -0.05) is 146 Å². The van der Waals surface area contributed by atoms with Crippen molar-refractivity contribution in [3.05, 3.63) is 178 Å². The summed E-state index contributed by atoms with van der Waals surface area (Å²) >= 11 is 0. The molecule has 2 aliphatic rings. The van der Waals surface area contributed by atoms with Gasteiger partial charge in [-0.05, 0) is 0 Å². The van der Waals surface area contributed by atoms with Gasteiger partial charge >= 0.3 is 0 Å². The Bertz CT molecular complexity index is 1780. The first-order valence-electron chi connectivity index (χ1n) is 13.3. The number of nitrogens with zero attached hydrogens (tertiary/aromatic N) is 4. The van der Waals surface area contributed by atoms with Crippen LogP contribution in [0.5, 0.6) is 0 Å². The van der Waals surface area contributed by atoms with Gasteiger partial charge in [0.25, 0.3) is 0 Å². The second-order valence-electron chi connectivity index (χ2n) is 9.53. The molecule has 7 rings (SSSR count). The number of hydrogen-bond acceptors (Lipinski definition) is 4. The molecule has 0 spiro atoms. The molecule has 5 aromatic rings. The molecule has 0 saturated carbocycles. The fourth-order valence-corrected chi connectivity index (χ4v) is 4.90. The molecule has 0 radical (unpaired) electrons. The Balaban J connectivity index is 1.38. The molecule has 5 aromatic carbocycles. The van der Waals surface area contributed by atoms with Crippen molar-refractivity contribution in [1.82, 2.24) is 0 Å². The van der Waals surface area contributed by atoms with Crippen LogP contribution >= 0.6 is 0 Å². The third kappa shape index (κ3) is 4.52. The lowest BCUT2D eigenvalue weighted by molar-refractivity contribution is 1.46. The summed E-state index contributed by atoms with van der Waals surface area (Å²) in [5, 5.41) is 2.00. The number of hydrogen-bond donors (Lipinski definition) is 0. The molecule has 0 fully saturated rings. The largest absolute Gasteiger partial charge is 0.226 e. The summed E-state index contributed by atoms with van der Waals surface area (Å²) in [6, 6.07) is 49.1. The highest BCUT2D eigenvalue weighted by Crippen LogP contribution is 2.22. The Labute approximate surface area is 232 Å². The average Bonchev–Trinajstić information content (AvgIpc) is 3.69. The van der Waals surface area contributed by atoms with E-state index in [2.05, 4.69) is 48.5 Å². The standard InChI is InChI=1S/C36H24N4/c1-5-13-25(14-6-1)31-33(39-35(37-31)29-17-9-3-10-18-29)27-21-23-28(24-22-27)34-32(26-15-7-2-8-16-26)38-36(40-34)30-19-11-4-12-20-30/h1-24H. The van der Waals surface area contributed by atoms with E-state index in [0.717, 1.165) is 67.2 Å². The highest BCUT2D eigenvalue weighted by Gasteiger charge is 2.21. The van der Waals surface area contributed by atoms with Crippen molar-refractivity contribution in [1.29, 1.82) is 0 Å². The smallest absolute Gasteiger partial charge is 0.160 e. The van der Waals surface area contributed by atoms with Crippen LogP contribution in [0.3, 0.4) is 0 Å². The molecule has 4 nitrogen and oxygen atoms in total.